The Morgan fingerprint density at radius 1 is 0.857 bits per heavy atom. The van der Waals surface area contributed by atoms with Gasteiger partial charge in [0.05, 0.1) is 12.6 Å². The van der Waals surface area contributed by atoms with Crippen molar-refractivity contribution in [2.24, 2.45) is 0 Å². The summed E-state index contributed by atoms with van der Waals surface area (Å²) in [6.45, 7) is 4.15. The van der Waals surface area contributed by atoms with Crippen molar-refractivity contribution in [3.05, 3.63) is 58.6 Å². The number of hydrogen-bond donors (Lipinski definition) is 1. The summed E-state index contributed by atoms with van der Waals surface area (Å²) in [5, 5.41) is 3.26. The summed E-state index contributed by atoms with van der Waals surface area (Å²) in [7, 11) is 0. The highest BCUT2D eigenvalue weighted by molar-refractivity contribution is 6.30. The van der Waals surface area contributed by atoms with Gasteiger partial charge in [-0.05, 0) is 68.5 Å². The lowest BCUT2D eigenvalue weighted by Gasteiger charge is -2.19. The lowest BCUT2D eigenvalue weighted by molar-refractivity contribution is -0.706. The zero-order chi connectivity index (χ0) is 19.6. The van der Waals surface area contributed by atoms with Crippen molar-refractivity contribution in [3.8, 4) is 11.5 Å². The van der Waals surface area contributed by atoms with Gasteiger partial charge in [0.1, 0.15) is 13.2 Å². The Morgan fingerprint density at radius 3 is 2.25 bits per heavy atom. The highest BCUT2D eigenvalue weighted by Crippen LogP contribution is 2.29. The fourth-order valence-electron chi connectivity index (χ4n) is 3.83. The molecule has 152 valence electrons. The summed E-state index contributed by atoms with van der Waals surface area (Å²) in [5.41, 5.74) is 2.39. The molecular formula is C24H33ClNO2+. The molecule has 2 N–H and O–H groups in total. The van der Waals surface area contributed by atoms with Crippen LogP contribution in [0.15, 0.2) is 42.5 Å². The van der Waals surface area contributed by atoms with Gasteiger partial charge in [-0.1, -0.05) is 43.0 Å². The summed E-state index contributed by atoms with van der Waals surface area (Å²) >= 11 is 5.95. The molecule has 3 nitrogen and oxygen atoms in total. The Kier molecular flexibility index (Phi) is 8.50. The average Bonchev–Trinajstić information content (AvgIpc) is 2.68. The molecule has 1 aliphatic rings. The third kappa shape index (κ3) is 6.72. The first-order valence-corrected chi connectivity index (χ1v) is 11.1. The highest BCUT2D eigenvalue weighted by Gasteiger charge is 2.15. The third-order valence-electron chi connectivity index (χ3n) is 5.45. The van der Waals surface area contributed by atoms with Gasteiger partial charge in [-0.15, -0.1) is 0 Å². The van der Waals surface area contributed by atoms with E-state index in [-0.39, 0.29) is 0 Å². The molecule has 2 aromatic rings. The zero-order valence-electron chi connectivity index (χ0n) is 17.0. The van der Waals surface area contributed by atoms with E-state index < -0.39 is 0 Å². The van der Waals surface area contributed by atoms with Crippen LogP contribution in [0.2, 0.25) is 5.02 Å². The van der Waals surface area contributed by atoms with Crippen LogP contribution in [0.1, 0.15) is 63.0 Å². The van der Waals surface area contributed by atoms with Gasteiger partial charge in [0.15, 0.2) is 11.5 Å². The van der Waals surface area contributed by atoms with E-state index in [1.165, 1.54) is 50.5 Å². The van der Waals surface area contributed by atoms with Crippen molar-refractivity contribution in [1.82, 2.24) is 0 Å². The van der Waals surface area contributed by atoms with Crippen molar-refractivity contribution in [1.29, 1.82) is 0 Å². The molecular weight excluding hydrogens is 370 g/mol. The number of rotatable bonds is 8. The second-order valence-corrected chi connectivity index (χ2v) is 8.11. The van der Waals surface area contributed by atoms with Crippen LogP contribution in [0, 0.1) is 0 Å². The van der Waals surface area contributed by atoms with E-state index in [1.54, 1.807) is 0 Å². The van der Waals surface area contributed by atoms with E-state index in [4.69, 9.17) is 21.1 Å². The normalized spacial score (nSPS) is 15.6. The zero-order valence-corrected chi connectivity index (χ0v) is 17.7. The van der Waals surface area contributed by atoms with Gasteiger partial charge in [-0.25, -0.2) is 0 Å². The Hall–Kier alpha value is -1.71. The summed E-state index contributed by atoms with van der Waals surface area (Å²) in [6, 6.07) is 14.9. The Morgan fingerprint density at radius 2 is 1.54 bits per heavy atom. The Balaban J connectivity index is 1.58. The van der Waals surface area contributed by atoms with Crippen molar-refractivity contribution in [2.75, 3.05) is 6.61 Å². The quantitative estimate of drug-likeness (QED) is 0.633. The summed E-state index contributed by atoms with van der Waals surface area (Å²) in [6.07, 6.45) is 9.67. The van der Waals surface area contributed by atoms with E-state index >= 15 is 0 Å². The van der Waals surface area contributed by atoms with Crippen LogP contribution in [0.25, 0.3) is 0 Å². The number of halogens is 1. The molecule has 0 aromatic heterocycles. The van der Waals surface area contributed by atoms with Crippen molar-refractivity contribution >= 4 is 11.6 Å². The SMILES string of the molecule is CCOc1cc(C[NH2+]C2CCCCCCC2)ccc1OCc1ccc(Cl)cc1. The third-order valence-corrected chi connectivity index (χ3v) is 5.70. The predicted octanol–water partition coefficient (Wildman–Crippen LogP) is 5.49. The molecule has 0 atom stereocenters. The molecule has 0 unspecified atom stereocenters. The molecule has 0 saturated heterocycles. The molecule has 0 bridgehead atoms. The van der Waals surface area contributed by atoms with Crippen LogP contribution in [-0.4, -0.2) is 12.6 Å². The van der Waals surface area contributed by atoms with Crippen LogP contribution < -0.4 is 14.8 Å². The lowest BCUT2D eigenvalue weighted by atomic mass is 9.96. The van der Waals surface area contributed by atoms with Gasteiger partial charge in [0.2, 0.25) is 0 Å². The van der Waals surface area contributed by atoms with E-state index in [9.17, 15) is 0 Å². The first-order valence-electron chi connectivity index (χ1n) is 10.7. The Bertz CT molecular complexity index is 709. The largest absolute Gasteiger partial charge is 0.490 e. The van der Waals surface area contributed by atoms with Crippen molar-refractivity contribution in [2.45, 2.75) is 71.1 Å². The number of hydrogen-bond acceptors (Lipinski definition) is 2. The van der Waals surface area contributed by atoms with Crippen LogP contribution in [-0.2, 0) is 13.2 Å². The molecule has 28 heavy (non-hydrogen) atoms. The first-order chi connectivity index (χ1) is 13.7. The van der Waals surface area contributed by atoms with E-state index in [1.807, 2.05) is 37.3 Å². The molecule has 3 rings (SSSR count). The minimum absolute atomic E-state index is 0.505. The molecule has 4 heteroatoms. The lowest BCUT2D eigenvalue weighted by Crippen LogP contribution is -2.88. The summed E-state index contributed by atoms with van der Waals surface area (Å²) in [5.74, 6) is 1.63. The van der Waals surface area contributed by atoms with E-state index in [2.05, 4.69) is 17.4 Å². The van der Waals surface area contributed by atoms with Crippen LogP contribution >= 0.6 is 11.6 Å². The maximum atomic E-state index is 6.02. The second-order valence-electron chi connectivity index (χ2n) is 7.67. The van der Waals surface area contributed by atoms with Crippen molar-refractivity contribution < 1.29 is 14.8 Å². The van der Waals surface area contributed by atoms with Gasteiger partial charge in [0, 0.05) is 10.6 Å². The molecule has 1 saturated carbocycles. The van der Waals surface area contributed by atoms with E-state index in [0.717, 1.165) is 34.7 Å². The smallest absolute Gasteiger partial charge is 0.161 e. The minimum Gasteiger partial charge on any atom is -0.490 e. The molecule has 0 heterocycles. The van der Waals surface area contributed by atoms with Crippen molar-refractivity contribution in [3.63, 3.8) is 0 Å². The molecule has 0 aliphatic heterocycles. The van der Waals surface area contributed by atoms with Crippen LogP contribution in [0.4, 0.5) is 0 Å². The number of quaternary nitrogens is 1. The molecule has 0 spiro atoms. The predicted molar refractivity (Wildman–Crippen MR) is 115 cm³/mol. The fourth-order valence-corrected chi connectivity index (χ4v) is 3.96. The molecule has 1 aliphatic carbocycles. The van der Waals surface area contributed by atoms with E-state index in [0.29, 0.717) is 13.2 Å². The van der Waals surface area contributed by atoms with Crippen LogP contribution in [0.5, 0.6) is 11.5 Å². The van der Waals surface area contributed by atoms with Crippen LogP contribution in [0.3, 0.4) is 0 Å². The molecule has 0 radical (unpaired) electrons. The average molecular weight is 403 g/mol. The number of nitrogens with two attached hydrogens (primary N) is 1. The summed E-state index contributed by atoms with van der Waals surface area (Å²) in [4.78, 5) is 0. The monoisotopic (exact) mass is 402 g/mol. The molecule has 1 fully saturated rings. The maximum absolute atomic E-state index is 6.02. The number of ether oxygens (including phenoxy) is 2. The van der Waals surface area contributed by atoms with Gasteiger partial charge in [-0.2, -0.15) is 0 Å². The van der Waals surface area contributed by atoms with Gasteiger partial charge < -0.3 is 14.8 Å². The second kappa shape index (κ2) is 11.3. The Labute approximate surface area is 174 Å². The number of benzene rings is 2. The molecule has 2 aromatic carbocycles. The highest BCUT2D eigenvalue weighted by atomic mass is 35.5. The topological polar surface area (TPSA) is 35.1 Å². The van der Waals surface area contributed by atoms with Gasteiger partial charge >= 0.3 is 0 Å². The fraction of sp³-hybridized carbons (Fsp3) is 0.500. The molecule has 0 amide bonds. The first kappa shape index (κ1) is 21.0. The maximum Gasteiger partial charge on any atom is 0.161 e. The summed E-state index contributed by atoms with van der Waals surface area (Å²) < 4.78 is 11.9. The van der Waals surface area contributed by atoms with Gasteiger partial charge in [0.25, 0.3) is 0 Å². The minimum atomic E-state index is 0.505. The van der Waals surface area contributed by atoms with Gasteiger partial charge in [-0.3, -0.25) is 0 Å². The standard InChI is InChI=1S/C24H32ClNO2/c1-2-27-24-16-20(17-26-22-8-6-4-3-5-7-9-22)12-15-23(24)28-18-19-10-13-21(25)14-11-19/h10-16,22,26H,2-9,17-18H2,1H3/p+1.